The van der Waals surface area contributed by atoms with Crippen LogP contribution in [0.5, 0.6) is 0 Å². The summed E-state index contributed by atoms with van der Waals surface area (Å²) in [5.41, 5.74) is 0. The van der Waals surface area contributed by atoms with Crippen LogP contribution in [-0.2, 0) is 0 Å². The number of fused-ring (bicyclic) bond motifs is 1. The molecule has 1 unspecified atom stereocenters. The van der Waals surface area contributed by atoms with Gasteiger partial charge in [-0.25, -0.2) is 0 Å². The minimum atomic E-state index is 0.309. The average molecular weight is 184 g/mol. The third-order valence-corrected chi connectivity index (χ3v) is 4.14. The highest BCUT2D eigenvalue weighted by Gasteiger charge is 2.39. The highest BCUT2D eigenvalue weighted by Crippen LogP contribution is 2.43. The van der Waals surface area contributed by atoms with Crippen molar-refractivity contribution in [3.05, 3.63) is 0 Å². The Hall–Kier alpha value is -0.180. The van der Waals surface area contributed by atoms with Crippen molar-refractivity contribution < 1.29 is 0 Å². The van der Waals surface area contributed by atoms with Gasteiger partial charge in [-0.15, -0.1) is 0 Å². The highest BCUT2D eigenvalue weighted by molar-refractivity contribution is 8.15. The summed E-state index contributed by atoms with van der Waals surface area (Å²) in [6, 6.07) is 0. The van der Waals surface area contributed by atoms with Gasteiger partial charge in [0, 0.05) is 6.54 Å². The first-order chi connectivity index (χ1) is 5.74. The Morgan fingerprint density at radius 3 is 3.08 bits per heavy atom. The van der Waals surface area contributed by atoms with Crippen LogP contribution in [0.3, 0.4) is 0 Å². The molecule has 0 radical (unpaired) electrons. The number of thioether (sulfide) groups is 1. The van der Waals surface area contributed by atoms with Crippen molar-refractivity contribution in [3.8, 4) is 0 Å². The molecule has 0 amide bonds. The normalized spacial score (nSPS) is 34.8. The first-order valence-electron chi connectivity index (χ1n) is 4.79. The van der Waals surface area contributed by atoms with E-state index in [9.17, 15) is 0 Å². The van der Waals surface area contributed by atoms with Crippen molar-refractivity contribution in [2.45, 2.75) is 44.4 Å². The van der Waals surface area contributed by atoms with Gasteiger partial charge in [0.2, 0.25) is 0 Å². The van der Waals surface area contributed by atoms with Gasteiger partial charge in [0.25, 0.3) is 0 Å². The summed E-state index contributed by atoms with van der Waals surface area (Å²) in [5, 5.41) is 8.22. The molecule has 1 atom stereocenters. The lowest BCUT2D eigenvalue weighted by Gasteiger charge is -2.37. The molecule has 2 heterocycles. The molecule has 0 saturated carbocycles. The van der Waals surface area contributed by atoms with Gasteiger partial charge in [0.15, 0.2) is 0 Å². The molecule has 0 spiro atoms. The van der Waals surface area contributed by atoms with E-state index in [1.807, 2.05) is 11.8 Å². The molecule has 0 aromatic heterocycles. The zero-order chi connectivity index (χ0) is 8.60. The lowest BCUT2D eigenvalue weighted by Crippen LogP contribution is -2.40. The maximum Gasteiger partial charge on any atom is 0.106 e. The minimum Gasteiger partial charge on any atom is -0.280 e. The van der Waals surface area contributed by atoms with E-state index < -0.39 is 0 Å². The number of nitrogens with zero attached hydrogens (tertiary/aromatic N) is 2. The quantitative estimate of drug-likeness (QED) is 0.622. The second kappa shape index (κ2) is 2.95. The van der Waals surface area contributed by atoms with Crippen molar-refractivity contribution in [2.24, 2.45) is 5.10 Å². The van der Waals surface area contributed by atoms with Crippen molar-refractivity contribution in [2.75, 3.05) is 6.54 Å². The molecule has 0 aromatic rings. The smallest absolute Gasteiger partial charge is 0.106 e. The van der Waals surface area contributed by atoms with Crippen LogP contribution in [0.1, 0.15) is 39.5 Å². The Morgan fingerprint density at radius 1 is 1.58 bits per heavy atom. The van der Waals surface area contributed by atoms with Crippen LogP contribution in [0.15, 0.2) is 5.10 Å². The van der Waals surface area contributed by atoms with Crippen LogP contribution >= 0.6 is 11.8 Å². The van der Waals surface area contributed by atoms with E-state index >= 15 is 0 Å². The van der Waals surface area contributed by atoms with Crippen LogP contribution in [0.4, 0.5) is 0 Å². The molecule has 0 aliphatic carbocycles. The van der Waals surface area contributed by atoms with Gasteiger partial charge in [0.1, 0.15) is 4.87 Å². The summed E-state index contributed by atoms with van der Waals surface area (Å²) in [5.74, 6) is 0. The second-order valence-corrected chi connectivity index (χ2v) is 5.26. The lowest BCUT2D eigenvalue weighted by molar-refractivity contribution is 0.147. The Labute approximate surface area is 78.4 Å². The molecule has 68 valence electrons. The zero-order valence-corrected chi connectivity index (χ0v) is 8.65. The van der Waals surface area contributed by atoms with Crippen molar-refractivity contribution in [1.82, 2.24) is 5.01 Å². The maximum atomic E-state index is 4.61. The van der Waals surface area contributed by atoms with Gasteiger partial charge in [-0.3, -0.25) is 5.01 Å². The zero-order valence-electron chi connectivity index (χ0n) is 7.84. The van der Waals surface area contributed by atoms with Crippen molar-refractivity contribution in [1.29, 1.82) is 0 Å². The maximum absolute atomic E-state index is 4.61. The Kier molecular flexibility index (Phi) is 2.07. The first-order valence-corrected chi connectivity index (χ1v) is 5.60. The van der Waals surface area contributed by atoms with Crippen LogP contribution < -0.4 is 0 Å². The van der Waals surface area contributed by atoms with Crippen LogP contribution in [0.25, 0.3) is 0 Å². The molecule has 0 aromatic carbocycles. The standard InChI is InChI=1S/C9H16N2S/c1-3-8-10-11-7-5-4-6-9(11,2)12-8/h3-7H2,1-2H3. The summed E-state index contributed by atoms with van der Waals surface area (Å²) in [6.45, 7) is 5.67. The highest BCUT2D eigenvalue weighted by atomic mass is 32.2. The first kappa shape index (κ1) is 8.42. The topological polar surface area (TPSA) is 15.6 Å². The van der Waals surface area contributed by atoms with E-state index in [0.29, 0.717) is 4.87 Å². The molecule has 12 heavy (non-hydrogen) atoms. The summed E-state index contributed by atoms with van der Waals surface area (Å²) in [7, 11) is 0. The lowest BCUT2D eigenvalue weighted by atomic mass is 10.1. The van der Waals surface area contributed by atoms with E-state index in [1.54, 1.807) is 0 Å². The third kappa shape index (κ3) is 1.24. The van der Waals surface area contributed by atoms with Crippen LogP contribution in [0, 0.1) is 0 Å². The van der Waals surface area contributed by atoms with E-state index in [0.717, 1.165) is 13.0 Å². The fourth-order valence-electron chi connectivity index (χ4n) is 1.89. The van der Waals surface area contributed by atoms with E-state index in [4.69, 9.17) is 0 Å². The van der Waals surface area contributed by atoms with E-state index in [1.165, 1.54) is 24.3 Å². The van der Waals surface area contributed by atoms with Crippen LogP contribution in [0.2, 0.25) is 0 Å². The molecule has 1 saturated heterocycles. The molecule has 3 heteroatoms. The molecule has 2 aliphatic heterocycles. The fraction of sp³-hybridized carbons (Fsp3) is 0.889. The molecule has 2 nitrogen and oxygen atoms in total. The van der Waals surface area contributed by atoms with E-state index in [2.05, 4.69) is 24.0 Å². The molecule has 0 N–H and O–H groups in total. The molecule has 1 fully saturated rings. The molecule has 2 rings (SSSR count). The van der Waals surface area contributed by atoms with Crippen molar-refractivity contribution in [3.63, 3.8) is 0 Å². The summed E-state index contributed by atoms with van der Waals surface area (Å²) in [4.78, 5) is 0.309. The van der Waals surface area contributed by atoms with Gasteiger partial charge < -0.3 is 0 Å². The van der Waals surface area contributed by atoms with Crippen molar-refractivity contribution >= 4 is 16.8 Å². The van der Waals surface area contributed by atoms with Gasteiger partial charge >= 0.3 is 0 Å². The fourth-order valence-corrected chi connectivity index (χ4v) is 3.17. The summed E-state index contributed by atoms with van der Waals surface area (Å²) < 4.78 is 0. The summed E-state index contributed by atoms with van der Waals surface area (Å²) in [6.07, 6.45) is 5.07. The van der Waals surface area contributed by atoms with Gasteiger partial charge in [-0.05, 0) is 32.6 Å². The largest absolute Gasteiger partial charge is 0.280 e. The minimum absolute atomic E-state index is 0.309. The number of hydrogen-bond acceptors (Lipinski definition) is 3. The monoisotopic (exact) mass is 184 g/mol. The number of piperidine rings is 1. The molecule has 0 bridgehead atoms. The molecular formula is C9H16N2S. The van der Waals surface area contributed by atoms with Gasteiger partial charge in [-0.2, -0.15) is 5.10 Å². The van der Waals surface area contributed by atoms with E-state index in [-0.39, 0.29) is 0 Å². The Morgan fingerprint density at radius 2 is 2.42 bits per heavy atom. The number of rotatable bonds is 1. The molecule has 2 aliphatic rings. The third-order valence-electron chi connectivity index (χ3n) is 2.68. The van der Waals surface area contributed by atoms with Gasteiger partial charge in [-0.1, -0.05) is 18.7 Å². The van der Waals surface area contributed by atoms with Crippen LogP contribution in [-0.4, -0.2) is 21.5 Å². The molecular weight excluding hydrogens is 168 g/mol. The average Bonchev–Trinajstić information content (AvgIpc) is 2.41. The number of hydrogen-bond donors (Lipinski definition) is 0. The SMILES string of the molecule is CCC1=NN2CCCCC2(C)S1. The Balaban J connectivity index is 2.14. The van der Waals surface area contributed by atoms with Gasteiger partial charge in [0.05, 0.1) is 5.04 Å². The predicted octanol–water partition coefficient (Wildman–Crippen LogP) is 2.66. The predicted molar refractivity (Wildman–Crippen MR) is 54.3 cm³/mol. The Bertz CT molecular complexity index is 215. The summed E-state index contributed by atoms with van der Waals surface area (Å²) >= 11 is 1.97. The number of hydrazone groups is 1. The second-order valence-electron chi connectivity index (χ2n) is 3.70.